The van der Waals surface area contributed by atoms with Crippen molar-refractivity contribution in [1.29, 1.82) is 0 Å². The molecule has 0 radical (unpaired) electrons. The van der Waals surface area contributed by atoms with Gasteiger partial charge in [0.25, 0.3) is 5.91 Å². The molecule has 1 aliphatic rings. The zero-order valence-electron chi connectivity index (χ0n) is 16.3. The second kappa shape index (κ2) is 8.61. The van der Waals surface area contributed by atoms with Crippen molar-refractivity contribution in [2.45, 2.75) is 27.4 Å². The number of hydrogen-bond donors (Lipinski definition) is 1. The maximum absolute atomic E-state index is 12.2. The van der Waals surface area contributed by atoms with Gasteiger partial charge in [-0.05, 0) is 50.1 Å². The fourth-order valence-corrected chi connectivity index (χ4v) is 2.87. The third-order valence-corrected chi connectivity index (χ3v) is 4.37. The first-order valence-corrected chi connectivity index (χ1v) is 9.31. The molecule has 28 heavy (non-hydrogen) atoms. The van der Waals surface area contributed by atoms with Gasteiger partial charge in [0.1, 0.15) is 12.3 Å². The van der Waals surface area contributed by atoms with E-state index in [4.69, 9.17) is 9.47 Å². The van der Waals surface area contributed by atoms with Crippen molar-refractivity contribution in [3.63, 3.8) is 0 Å². The lowest BCUT2D eigenvalue weighted by Gasteiger charge is -2.13. The lowest BCUT2D eigenvalue weighted by Crippen LogP contribution is -2.30. The van der Waals surface area contributed by atoms with Gasteiger partial charge in [0.15, 0.2) is 11.5 Å². The fourth-order valence-electron chi connectivity index (χ4n) is 2.87. The van der Waals surface area contributed by atoms with Crippen molar-refractivity contribution < 1.29 is 19.1 Å². The van der Waals surface area contributed by atoms with Crippen LogP contribution in [0.4, 0.5) is 4.79 Å². The predicted molar refractivity (Wildman–Crippen MR) is 107 cm³/mol. The summed E-state index contributed by atoms with van der Waals surface area (Å²) in [6, 6.07) is 13.2. The van der Waals surface area contributed by atoms with E-state index in [1.165, 1.54) is 5.56 Å². The fraction of sp³-hybridized carbons (Fsp3) is 0.273. The molecule has 6 heteroatoms. The molecular weight excluding hydrogens is 356 g/mol. The van der Waals surface area contributed by atoms with Crippen LogP contribution in [0.3, 0.4) is 0 Å². The number of rotatable bonds is 7. The molecule has 6 nitrogen and oxygen atoms in total. The molecule has 2 aromatic rings. The third-order valence-electron chi connectivity index (χ3n) is 4.37. The highest BCUT2D eigenvalue weighted by molar-refractivity contribution is 6.13. The summed E-state index contributed by atoms with van der Waals surface area (Å²) in [4.78, 5) is 25.2. The summed E-state index contributed by atoms with van der Waals surface area (Å²) in [5, 5.41) is 2.60. The first kappa shape index (κ1) is 19.5. The summed E-state index contributed by atoms with van der Waals surface area (Å²) in [5.74, 6) is 0.889. The van der Waals surface area contributed by atoms with Gasteiger partial charge in [-0.25, -0.2) is 4.79 Å². The SMILES string of the molecule is CCOc1cc(/C=C2/NC(=O)N(CC)C2=O)ccc1OCc1ccc(C)cc1. The van der Waals surface area contributed by atoms with Crippen molar-refractivity contribution in [3.05, 3.63) is 64.9 Å². The van der Waals surface area contributed by atoms with Gasteiger partial charge in [0.2, 0.25) is 0 Å². The molecular formula is C22H24N2O4. The summed E-state index contributed by atoms with van der Waals surface area (Å²) in [7, 11) is 0. The minimum absolute atomic E-state index is 0.252. The molecule has 3 amide bonds. The van der Waals surface area contributed by atoms with Gasteiger partial charge in [-0.1, -0.05) is 35.9 Å². The molecule has 0 atom stereocenters. The summed E-state index contributed by atoms with van der Waals surface area (Å²) >= 11 is 0. The van der Waals surface area contributed by atoms with Gasteiger partial charge >= 0.3 is 6.03 Å². The van der Waals surface area contributed by atoms with Gasteiger partial charge < -0.3 is 14.8 Å². The van der Waals surface area contributed by atoms with E-state index >= 15 is 0 Å². The van der Waals surface area contributed by atoms with Crippen molar-refractivity contribution in [3.8, 4) is 11.5 Å². The first-order valence-electron chi connectivity index (χ1n) is 9.31. The highest BCUT2D eigenvalue weighted by atomic mass is 16.5. The van der Waals surface area contributed by atoms with Crippen LogP contribution in [0.25, 0.3) is 6.08 Å². The quantitative estimate of drug-likeness (QED) is 0.585. The van der Waals surface area contributed by atoms with Gasteiger partial charge in [0, 0.05) is 6.54 Å². The molecule has 1 fully saturated rings. The zero-order valence-corrected chi connectivity index (χ0v) is 16.3. The number of carbonyl (C=O) groups excluding carboxylic acids is 2. The number of urea groups is 1. The largest absolute Gasteiger partial charge is 0.490 e. The molecule has 0 bridgehead atoms. The topological polar surface area (TPSA) is 67.9 Å². The molecule has 1 saturated heterocycles. The van der Waals surface area contributed by atoms with Crippen LogP contribution in [0.5, 0.6) is 11.5 Å². The van der Waals surface area contributed by atoms with Crippen LogP contribution >= 0.6 is 0 Å². The van der Waals surface area contributed by atoms with Crippen molar-refractivity contribution in [2.24, 2.45) is 0 Å². The average Bonchev–Trinajstić information content (AvgIpc) is 2.95. The Morgan fingerprint density at radius 1 is 1.00 bits per heavy atom. The molecule has 1 aliphatic heterocycles. The van der Waals surface area contributed by atoms with Crippen molar-refractivity contribution in [1.82, 2.24) is 10.2 Å². The molecule has 3 rings (SSSR count). The number of amides is 3. The normalized spacial score (nSPS) is 15.1. The predicted octanol–water partition coefficient (Wildman–Crippen LogP) is 3.89. The number of ether oxygens (including phenoxy) is 2. The lowest BCUT2D eigenvalue weighted by molar-refractivity contribution is -0.122. The summed E-state index contributed by atoms with van der Waals surface area (Å²) in [6.45, 7) is 6.95. The third kappa shape index (κ3) is 4.34. The second-order valence-electron chi connectivity index (χ2n) is 6.45. The Morgan fingerprint density at radius 2 is 1.75 bits per heavy atom. The molecule has 1 N–H and O–H groups in total. The van der Waals surface area contributed by atoms with E-state index in [1.807, 2.05) is 50.2 Å². The first-order chi connectivity index (χ1) is 13.5. The number of aryl methyl sites for hydroxylation is 1. The maximum Gasteiger partial charge on any atom is 0.328 e. The number of likely N-dealkylation sites (N-methyl/N-ethyl adjacent to an activating group) is 1. The number of carbonyl (C=O) groups is 2. The van der Waals surface area contributed by atoms with E-state index in [0.29, 0.717) is 31.3 Å². The number of hydrogen-bond acceptors (Lipinski definition) is 4. The second-order valence-corrected chi connectivity index (χ2v) is 6.45. The molecule has 1 heterocycles. The van der Waals surface area contributed by atoms with Gasteiger partial charge in [-0.15, -0.1) is 0 Å². The highest BCUT2D eigenvalue weighted by Gasteiger charge is 2.32. The molecule has 0 aromatic heterocycles. The van der Waals surface area contributed by atoms with Crippen LogP contribution in [-0.4, -0.2) is 30.0 Å². The Hall–Kier alpha value is -3.28. The van der Waals surface area contributed by atoms with E-state index in [0.717, 1.165) is 16.0 Å². The Balaban J connectivity index is 1.79. The highest BCUT2D eigenvalue weighted by Crippen LogP contribution is 2.30. The van der Waals surface area contributed by atoms with Gasteiger partial charge in [-0.3, -0.25) is 9.69 Å². The summed E-state index contributed by atoms with van der Waals surface area (Å²) in [5.41, 5.74) is 3.26. The van der Waals surface area contributed by atoms with Gasteiger partial charge in [-0.2, -0.15) is 0 Å². The van der Waals surface area contributed by atoms with Gasteiger partial charge in [0.05, 0.1) is 6.61 Å². The average molecular weight is 380 g/mol. The van der Waals surface area contributed by atoms with Crippen LogP contribution in [0.1, 0.15) is 30.5 Å². The van der Waals surface area contributed by atoms with E-state index in [2.05, 4.69) is 5.32 Å². The Morgan fingerprint density at radius 3 is 2.39 bits per heavy atom. The van der Waals surface area contributed by atoms with Crippen LogP contribution in [-0.2, 0) is 11.4 Å². The molecule has 0 spiro atoms. The van der Waals surface area contributed by atoms with E-state index in [-0.39, 0.29) is 11.6 Å². The zero-order chi connectivity index (χ0) is 20.1. The number of nitrogens with zero attached hydrogens (tertiary/aromatic N) is 1. The van der Waals surface area contributed by atoms with Crippen molar-refractivity contribution >= 4 is 18.0 Å². The van der Waals surface area contributed by atoms with E-state index in [1.54, 1.807) is 19.1 Å². The smallest absolute Gasteiger partial charge is 0.328 e. The summed E-state index contributed by atoms with van der Waals surface area (Å²) in [6.07, 6.45) is 1.64. The minimum Gasteiger partial charge on any atom is -0.490 e. The Bertz CT molecular complexity index is 903. The minimum atomic E-state index is -0.401. The van der Waals surface area contributed by atoms with Crippen LogP contribution in [0.2, 0.25) is 0 Å². The Kier molecular flexibility index (Phi) is 5.99. The standard InChI is InChI=1S/C22H24N2O4/c1-4-24-21(25)18(23-22(24)26)12-17-10-11-19(20(13-17)27-5-2)28-14-16-8-6-15(3)7-9-16/h6-13H,4-5,14H2,1-3H3,(H,23,26)/b18-12+. The molecule has 0 saturated carbocycles. The van der Waals surface area contributed by atoms with Crippen molar-refractivity contribution in [2.75, 3.05) is 13.2 Å². The number of benzene rings is 2. The van der Waals surface area contributed by atoms with E-state index < -0.39 is 6.03 Å². The van der Waals surface area contributed by atoms with Crippen LogP contribution in [0, 0.1) is 6.92 Å². The maximum atomic E-state index is 12.2. The van der Waals surface area contributed by atoms with Crippen LogP contribution < -0.4 is 14.8 Å². The Labute approximate surface area is 164 Å². The van der Waals surface area contributed by atoms with E-state index in [9.17, 15) is 9.59 Å². The molecule has 0 aliphatic carbocycles. The molecule has 146 valence electrons. The molecule has 2 aromatic carbocycles. The lowest BCUT2D eigenvalue weighted by atomic mass is 10.1. The number of nitrogens with one attached hydrogen (secondary N) is 1. The monoisotopic (exact) mass is 380 g/mol. The molecule has 0 unspecified atom stereocenters. The van der Waals surface area contributed by atoms with Crippen LogP contribution in [0.15, 0.2) is 48.2 Å². The number of imide groups is 1. The summed E-state index contributed by atoms with van der Waals surface area (Å²) < 4.78 is 11.6.